The first-order valence-corrected chi connectivity index (χ1v) is 9.18. The maximum Gasteiger partial charge on any atom is 0.319 e. The lowest BCUT2D eigenvalue weighted by molar-refractivity contribution is 0.233. The molecule has 136 valence electrons. The number of amides is 2. The molecule has 0 aliphatic rings. The molecule has 2 N–H and O–H groups in total. The van der Waals surface area contributed by atoms with Crippen molar-refractivity contribution in [3.63, 3.8) is 0 Å². The molecule has 0 saturated carbocycles. The van der Waals surface area contributed by atoms with Gasteiger partial charge in [0.25, 0.3) is 0 Å². The summed E-state index contributed by atoms with van der Waals surface area (Å²) in [5.74, 6) is 0.816. The summed E-state index contributed by atoms with van der Waals surface area (Å²) >= 11 is 1.59. The quantitative estimate of drug-likeness (QED) is 0.684. The van der Waals surface area contributed by atoms with Gasteiger partial charge in [-0.05, 0) is 45.3 Å². The van der Waals surface area contributed by atoms with Crippen molar-refractivity contribution in [2.24, 2.45) is 0 Å². The number of furan rings is 1. The van der Waals surface area contributed by atoms with Crippen LogP contribution in [0.4, 0.5) is 10.5 Å². The maximum absolute atomic E-state index is 12.3. The van der Waals surface area contributed by atoms with E-state index < -0.39 is 0 Å². The normalized spacial score (nSPS) is 12.2. The Kier molecular flexibility index (Phi) is 5.70. The van der Waals surface area contributed by atoms with E-state index in [-0.39, 0.29) is 12.1 Å². The van der Waals surface area contributed by atoms with Crippen molar-refractivity contribution >= 4 is 23.1 Å². The maximum atomic E-state index is 12.3. The topological polar surface area (TPSA) is 70.4 Å². The first kappa shape index (κ1) is 18.2. The summed E-state index contributed by atoms with van der Waals surface area (Å²) < 4.78 is 5.46. The van der Waals surface area contributed by atoms with Crippen LogP contribution in [0.15, 0.2) is 52.5 Å². The standard InChI is InChI=1S/C19H22N4O2S/c1-13-12-26-18(21-13)14-6-4-7-15(10-14)22-19(24)20-11-16(23(2)3)17-8-5-9-25-17/h4-10,12,16H,11H2,1-3H3,(H2,20,22,24). The number of likely N-dealkylation sites (N-methyl/N-ethyl adjacent to an activating group) is 1. The van der Waals surface area contributed by atoms with Crippen LogP contribution in [0.25, 0.3) is 10.6 Å². The van der Waals surface area contributed by atoms with Crippen molar-refractivity contribution in [3.05, 3.63) is 59.5 Å². The molecule has 0 radical (unpaired) electrons. The van der Waals surface area contributed by atoms with Crippen LogP contribution in [0, 0.1) is 6.92 Å². The monoisotopic (exact) mass is 370 g/mol. The van der Waals surface area contributed by atoms with Gasteiger partial charge < -0.3 is 15.1 Å². The van der Waals surface area contributed by atoms with Crippen LogP contribution in [0.2, 0.25) is 0 Å². The molecule has 3 rings (SSSR count). The molecule has 0 spiro atoms. The molecule has 26 heavy (non-hydrogen) atoms. The fourth-order valence-electron chi connectivity index (χ4n) is 2.60. The van der Waals surface area contributed by atoms with Crippen LogP contribution in [-0.4, -0.2) is 36.6 Å². The van der Waals surface area contributed by atoms with Gasteiger partial charge in [-0.2, -0.15) is 0 Å². The van der Waals surface area contributed by atoms with Crippen LogP contribution < -0.4 is 10.6 Å². The van der Waals surface area contributed by atoms with Crippen molar-refractivity contribution < 1.29 is 9.21 Å². The molecule has 0 aliphatic heterocycles. The zero-order chi connectivity index (χ0) is 18.5. The highest BCUT2D eigenvalue weighted by Crippen LogP contribution is 2.25. The number of thiazole rings is 1. The average Bonchev–Trinajstić information content (AvgIpc) is 3.27. The number of hydrogen-bond acceptors (Lipinski definition) is 5. The van der Waals surface area contributed by atoms with Gasteiger partial charge in [0.1, 0.15) is 10.8 Å². The minimum Gasteiger partial charge on any atom is -0.468 e. The summed E-state index contributed by atoms with van der Waals surface area (Å²) in [7, 11) is 3.90. The Balaban J connectivity index is 1.61. The molecule has 2 amide bonds. The SMILES string of the molecule is Cc1csc(-c2cccc(NC(=O)NCC(c3ccco3)N(C)C)c2)n1. The van der Waals surface area contributed by atoms with Gasteiger partial charge in [0.2, 0.25) is 0 Å². The van der Waals surface area contributed by atoms with Crippen LogP contribution >= 0.6 is 11.3 Å². The third kappa shape index (κ3) is 4.50. The summed E-state index contributed by atoms with van der Waals surface area (Å²) in [5, 5.41) is 8.73. The molecule has 2 heterocycles. The van der Waals surface area contributed by atoms with E-state index in [1.165, 1.54) is 0 Å². The number of hydrogen-bond donors (Lipinski definition) is 2. The number of aromatic nitrogens is 1. The lowest BCUT2D eigenvalue weighted by atomic mass is 10.2. The zero-order valence-corrected chi connectivity index (χ0v) is 15.8. The van der Waals surface area contributed by atoms with Crippen molar-refractivity contribution in [2.45, 2.75) is 13.0 Å². The Hall–Kier alpha value is -2.64. The van der Waals surface area contributed by atoms with E-state index in [4.69, 9.17) is 4.42 Å². The highest BCUT2D eigenvalue weighted by Gasteiger charge is 2.17. The molecule has 6 nitrogen and oxygen atoms in total. The van der Waals surface area contributed by atoms with Gasteiger partial charge in [-0.3, -0.25) is 4.90 Å². The first-order valence-electron chi connectivity index (χ1n) is 8.30. The second kappa shape index (κ2) is 8.16. The molecule has 7 heteroatoms. The number of carbonyl (C=O) groups excluding carboxylic acids is 1. The third-order valence-corrected chi connectivity index (χ3v) is 4.95. The van der Waals surface area contributed by atoms with Crippen LogP contribution in [0.3, 0.4) is 0 Å². The van der Waals surface area contributed by atoms with Crippen LogP contribution in [-0.2, 0) is 0 Å². The number of anilines is 1. The summed E-state index contributed by atoms with van der Waals surface area (Å²) in [6.45, 7) is 2.41. The fraction of sp³-hybridized carbons (Fsp3) is 0.263. The van der Waals surface area contributed by atoms with E-state index in [1.54, 1.807) is 17.6 Å². The van der Waals surface area contributed by atoms with Gasteiger partial charge in [-0.25, -0.2) is 9.78 Å². The van der Waals surface area contributed by atoms with Crippen molar-refractivity contribution in [1.29, 1.82) is 0 Å². The van der Waals surface area contributed by atoms with E-state index in [0.717, 1.165) is 27.7 Å². The van der Waals surface area contributed by atoms with Crippen LogP contribution in [0.5, 0.6) is 0 Å². The molecule has 3 aromatic rings. The summed E-state index contributed by atoms with van der Waals surface area (Å²) in [6, 6.07) is 11.2. The number of benzene rings is 1. The highest BCUT2D eigenvalue weighted by atomic mass is 32.1. The van der Waals surface area contributed by atoms with E-state index >= 15 is 0 Å². The Labute approximate surface area is 156 Å². The third-order valence-electron chi connectivity index (χ3n) is 3.94. The molecule has 0 aliphatic carbocycles. The summed E-state index contributed by atoms with van der Waals surface area (Å²) in [5.41, 5.74) is 2.71. The molecular formula is C19H22N4O2S. The van der Waals surface area contributed by atoms with Gasteiger partial charge in [0.15, 0.2) is 0 Å². The molecule has 0 fully saturated rings. The van der Waals surface area contributed by atoms with Gasteiger partial charge in [-0.1, -0.05) is 12.1 Å². The Morgan fingerprint density at radius 2 is 2.15 bits per heavy atom. The Bertz CT molecular complexity index is 858. The molecule has 0 saturated heterocycles. The largest absolute Gasteiger partial charge is 0.468 e. The van der Waals surface area contributed by atoms with Gasteiger partial charge in [0, 0.05) is 28.9 Å². The van der Waals surface area contributed by atoms with E-state index in [1.807, 2.05) is 67.7 Å². The minimum absolute atomic E-state index is 0.0274. The van der Waals surface area contributed by atoms with Crippen LogP contribution in [0.1, 0.15) is 17.5 Å². The molecular weight excluding hydrogens is 348 g/mol. The smallest absolute Gasteiger partial charge is 0.319 e. The highest BCUT2D eigenvalue weighted by molar-refractivity contribution is 7.13. The van der Waals surface area contributed by atoms with Crippen molar-refractivity contribution in [2.75, 3.05) is 26.0 Å². The number of carbonyl (C=O) groups is 1. The molecule has 2 aromatic heterocycles. The summed E-state index contributed by atoms with van der Waals surface area (Å²) in [4.78, 5) is 18.8. The van der Waals surface area contributed by atoms with Crippen molar-refractivity contribution in [3.8, 4) is 10.6 Å². The van der Waals surface area contributed by atoms with E-state index in [0.29, 0.717) is 6.54 Å². The first-order chi connectivity index (χ1) is 12.5. The van der Waals surface area contributed by atoms with Gasteiger partial charge in [-0.15, -0.1) is 11.3 Å². The number of nitrogens with zero attached hydrogens (tertiary/aromatic N) is 2. The Morgan fingerprint density at radius 3 is 2.81 bits per heavy atom. The van der Waals surface area contributed by atoms with E-state index in [2.05, 4.69) is 15.6 Å². The number of urea groups is 1. The fourth-order valence-corrected chi connectivity index (χ4v) is 3.39. The molecule has 1 aromatic carbocycles. The van der Waals surface area contributed by atoms with Gasteiger partial charge >= 0.3 is 6.03 Å². The molecule has 0 bridgehead atoms. The molecule has 1 unspecified atom stereocenters. The van der Waals surface area contributed by atoms with Gasteiger partial charge in [0.05, 0.1) is 12.3 Å². The zero-order valence-electron chi connectivity index (χ0n) is 15.0. The molecule has 1 atom stereocenters. The lowest BCUT2D eigenvalue weighted by Gasteiger charge is -2.22. The predicted molar refractivity (Wildman–Crippen MR) is 104 cm³/mol. The summed E-state index contributed by atoms with van der Waals surface area (Å²) in [6.07, 6.45) is 1.64. The Morgan fingerprint density at radius 1 is 1.31 bits per heavy atom. The minimum atomic E-state index is -0.254. The van der Waals surface area contributed by atoms with Crippen molar-refractivity contribution in [1.82, 2.24) is 15.2 Å². The lowest BCUT2D eigenvalue weighted by Crippen LogP contribution is -2.36. The second-order valence-corrected chi connectivity index (χ2v) is 7.06. The number of nitrogens with one attached hydrogen (secondary N) is 2. The average molecular weight is 370 g/mol. The second-order valence-electron chi connectivity index (χ2n) is 6.20. The number of rotatable bonds is 6. The number of aryl methyl sites for hydroxylation is 1. The predicted octanol–water partition coefficient (Wildman–Crippen LogP) is 4.14. The van der Waals surface area contributed by atoms with E-state index in [9.17, 15) is 4.79 Å².